The third kappa shape index (κ3) is 4.28. The first-order chi connectivity index (χ1) is 10.6. The van der Waals surface area contributed by atoms with Crippen molar-refractivity contribution in [3.63, 3.8) is 0 Å². The number of rotatable bonds is 5. The minimum Gasteiger partial charge on any atom is -0.458 e. The molecule has 2 aromatic carbocycles. The van der Waals surface area contributed by atoms with Crippen molar-refractivity contribution in [1.82, 2.24) is 0 Å². The van der Waals surface area contributed by atoms with Crippen LogP contribution in [0.15, 0.2) is 54.6 Å². The average molecular weight is 297 g/mol. The molecule has 0 atom stereocenters. The van der Waals surface area contributed by atoms with Gasteiger partial charge in [-0.15, -0.1) is 0 Å². The molecule has 0 aliphatic carbocycles. The van der Waals surface area contributed by atoms with Crippen LogP contribution in [0.2, 0.25) is 0 Å². The third-order valence-corrected chi connectivity index (χ3v) is 3.03. The van der Waals surface area contributed by atoms with Crippen LogP contribution in [0.3, 0.4) is 0 Å². The highest BCUT2D eigenvalue weighted by molar-refractivity contribution is 5.87. The van der Waals surface area contributed by atoms with Crippen LogP contribution in [-0.2, 0) is 16.1 Å². The molecule has 0 spiro atoms. The number of hydrogen-bond acceptors (Lipinski definition) is 4. The first kappa shape index (κ1) is 15.4. The zero-order valence-electron chi connectivity index (χ0n) is 12.1. The zero-order chi connectivity index (χ0) is 15.9. The van der Waals surface area contributed by atoms with E-state index < -0.39 is 10.9 Å². The molecule has 0 heterocycles. The second kappa shape index (κ2) is 7.17. The summed E-state index contributed by atoms with van der Waals surface area (Å²) < 4.78 is 5.09. The van der Waals surface area contributed by atoms with Gasteiger partial charge in [0.25, 0.3) is 5.69 Å². The maximum absolute atomic E-state index is 11.7. The van der Waals surface area contributed by atoms with Gasteiger partial charge in [0, 0.05) is 12.1 Å². The quantitative estimate of drug-likeness (QED) is 0.365. The number of carbonyl (C=O) groups excluding carboxylic acids is 1. The van der Waals surface area contributed by atoms with E-state index in [9.17, 15) is 14.9 Å². The molecule has 5 heteroatoms. The Morgan fingerprint density at radius 3 is 2.55 bits per heavy atom. The fourth-order valence-electron chi connectivity index (χ4n) is 1.84. The number of hydrogen-bond donors (Lipinski definition) is 0. The number of benzene rings is 2. The van der Waals surface area contributed by atoms with Gasteiger partial charge in [-0.05, 0) is 24.6 Å². The molecule has 0 amide bonds. The lowest BCUT2D eigenvalue weighted by Gasteiger charge is -2.02. The van der Waals surface area contributed by atoms with Gasteiger partial charge >= 0.3 is 5.97 Å². The molecule has 112 valence electrons. The number of para-hydroxylation sites is 1. The van der Waals surface area contributed by atoms with Gasteiger partial charge in [0.1, 0.15) is 6.61 Å². The van der Waals surface area contributed by atoms with Crippen molar-refractivity contribution in [1.29, 1.82) is 0 Å². The van der Waals surface area contributed by atoms with E-state index >= 15 is 0 Å². The third-order valence-electron chi connectivity index (χ3n) is 3.03. The lowest BCUT2D eigenvalue weighted by atomic mass is 10.1. The molecule has 22 heavy (non-hydrogen) atoms. The Bertz CT molecular complexity index is 705. The fraction of sp³-hybridized carbons (Fsp3) is 0.118. The molecule has 5 nitrogen and oxygen atoms in total. The summed E-state index contributed by atoms with van der Waals surface area (Å²) in [4.78, 5) is 22.0. The SMILES string of the molecule is Cc1ccc(COC(=O)/C=C/c2ccccc2[N+](=O)[O-])cc1. The molecule has 0 saturated heterocycles. The molecule has 0 N–H and O–H groups in total. The highest BCUT2D eigenvalue weighted by atomic mass is 16.6. The Labute approximate surface area is 128 Å². The van der Waals surface area contributed by atoms with E-state index in [4.69, 9.17) is 4.74 Å². The fourth-order valence-corrected chi connectivity index (χ4v) is 1.84. The molecule has 0 fully saturated rings. The van der Waals surface area contributed by atoms with Crippen molar-refractivity contribution < 1.29 is 14.5 Å². The van der Waals surface area contributed by atoms with Gasteiger partial charge in [-0.25, -0.2) is 4.79 Å². The molecule has 0 unspecified atom stereocenters. The summed E-state index contributed by atoms with van der Waals surface area (Å²) in [7, 11) is 0. The van der Waals surface area contributed by atoms with Crippen molar-refractivity contribution in [2.45, 2.75) is 13.5 Å². The van der Waals surface area contributed by atoms with Crippen LogP contribution in [-0.4, -0.2) is 10.9 Å². The Morgan fingerprint density at radius 2 is 1.86 bits per heavy atom. The lowest BCUT2D eigenvalue weighted by Crippen LogP contribution is -2.01. The van der Waals surface area contributed by atoms with E-state index in [-0.39, 0.29) is 12.3 Å². The number of carbonyl (C=O) groups is 1. The second-order valence-corrected chi connectivity index (χ2v) is 4.74. The summed E-state index contributed by atoms with van der Waals surface area (Å²) in [6.45, 7) is 2.14. The Hall–Kier alpha value is -2.95. The van der Waals surface area contributed by atoms with Gasteiger partial charge < -0.3 is 4.74 Å². The zero-order valence-corrected chi connectivity index (χ0v) is 12.1. The number of nitro groups is 1. The molecule has 0 aliphatic rings. The molecule has 0 bridgehead atoms. The molecule has 0 aliphatic heterocycles. The van der Waals surface area contributed by atoms with E-state index in [1.54, 1.807) is 18.2 Å². The van der Waals surface area contributed by atoms with E-state index in [0.29, 0.717) is 5.56 Å². The highest BCUT2D eigenvalue weighted by Gasteiger charge is 2.09. The van der Waals surface area contributed by atoms with Crippen molar-refractivity contribution >= 4 is 17.7 Å². The number of aryl methyl sites for hydroxylation is 1. The van der Waals surface area contributed by atoms with Crippen molar-refractivity contribution in [3.05, 3.63) is 81.4 Å². The number of nitro benzene ring substituents is 1. The first-order valence-corrected chi connectivity index (χ1v) is 6.70. The number of ether oxygens (including phenoxy) is 1. The largest absolute Gasteiger partial charge is 0.458 e. The predicted octanol–water partition coefficient (Wildman–Crippen LogP) is 3.66. The lowest BCUT2D eigenvalue weighted by molar-refractivity contribution is -0.385. The summed E-state index contributed by atoms with van der Waals surface area (Å²) in [6.07, 6.45) is 2.58. The Balaban J connectivity index is 1.97. The van der Waals surface area contributed by atoms with Crippen LogP contribution < -0.4 is 0 Å². The van der Waals surface area contributed by atoms with Gasteiger partial charge in [-0.2, -0.15) is 0 Å². The Kier molecular flexibility index (Phi) is 5.03. The average Bonchev–Trinajstić information content (AvgIpc) is 2.52. The van der Waals surface area contributed by atoms with E-state index in [1.807, 2.05) is 31.2 Å². The van der Waals surface area contributed by atoms with E-state index in [2.05, 4.69) is 0 Å². The van der Waals surface area contributed by atoms with Gasteiger partial charge in [0.05, 0.1) is 10.5 Å². The Morgan fingerprint density at radius 1 is 1.18 bits per heavy atom. The normalized spacial score (nSPS) is 10.6. The van der Waals surface area contributed by atoms with Crippen molar-refractivity contribution in [3.8, 4) is 0 Å². The van der Waals surface area contributed by atoms with E-state index in [1.165, 1.54) is 18.2 Å². The topological polar surface area (TPSA) is 69.4 Å². The summed E-state index contributed by atoms with van der Waals surface area (Å²) >= 11 is 0. The predicted molar refractivity (Wildman–Crippen MR) is 83.1 cm³/mol. The highest BCUT2D eigenvalue weighted by Crippen LogP contribution is 2.18. The standard InChI is InChI=1S/C17H15NO4/c1-13-6-8-14(9-7-13)12-22-17(19)11-10-15-4-2-3-5-16(15)18(20)21/h2-11H,12H2,1H3/b11-10+. The summed E-state index contributed by atoms with van der Waals surface area (Å²) in [6, 6.07) is 13.8. The molecule has 2 rings (SSSR count). The molecular formula is C17H15NO4. The van der Waals surface area contributed by atoms with Crippen LogP contribution in [0.25, 0.3) is 6.08 Å². The summed E-state index contributed by atoms with van der Waals surface area (Å²) in [5.74, 6) is -0.543. The second-order valence-electron chi connectivity index (χ2n) is 4.74. The molecular weight excluding hydrogens is 282 g/mol. The van der Waals surface area contributed by atoms with Crippen LogP contribution in [0.1, 0.15) is 16.7 Å². The molecule has 0 radical (unpaired) electrons. The van der Waals surface area contributed by atoms with Crippen LogP contribution in [0.4, 0.5) is 5.69 Å². The molecule has 2 aromatic rings. The van der Waals surface area contributed by atoms with E-state index in [0.717, 1.165) is 11.1 Å². The van der Waals surface area contributed by atoms with Gasteiger partial charge in [-0.1, -0.05) is 42.0 Å². The van der Waals surface area contributed by atoms with Crippen molar-refractivity contribution in [2.75, 3.05) is 0 Å². The molecule has 0 aromatic heterocycles. The smallest absolute Gasteiger partial charge is 0.331 e. The minimum atomic E-state index is -0.543. The van der Waals surface area contributed by atoms with Crippen molar-refractivity contribution in [2.24, 2.45) is 0 Å². The van der Waals surface area contributed by atoms with Crippen LogP contribution in [0.5, 0.6) is 0 Å². The van der Waals surface area contributed by atoms with Crippen LogP contribution >= 0.6 is 0 Å². The molecule has 0 saturated carbocycles. The first-order valence-electron chi connectivity index (χ1n) is 6.70. The minimum absolute atomic E-state index is 0.0508. The number of nitrogens with zero attached hydrogens (tertiary/aromatic N) is 1. The summed E-state index contributed by atoms with van der Waals surface area (Å²) in [5.41, 5.74) is 2.33. The van der Waals surface area contributed by atoms with Gasteiger partial charge in [0.15, 0.2) is 0 Å². The maximum atomic E-state index is 11.7. The summed E-state index contributed by atoms with van der Waals surface area (Å²) in [5, 5.41) is 10.9. The maximum Gasteiger partial charge on any atom is 0.331 e. The number of esters is 1. The monoisotopic (exact) mass is 297 g/mol. The van der Waals surface area contributed by atoms with Crippen LogP contribution in [0, 0.1) is 17.0 Å². The van der Waals surface area contributed by atoms with Gasteiger partial charge in [0.2, 0.25) is 0 Å². The van der Waals surface area contributed by atoms with Gasteiger partial charge in [-0.3, -0.25) is 10.1 Å².